The molecule has 18 heavy (non-hydrogen) atoms. The van der Waals surface area contributed by atoms with Crippen LogP contribution in [0.25, 0.3) is 0 Å². The Bertz CT molecular complexity index is 450. The molecule has 2 unspecified atom stereocenters. The molecule has 0 spiro atoms. The molecule has 0 amide bonds. The van der Waals surface area contributed by atoms with Gasteiger partial charge in [-0.25, -0.2) is 4.39 Å². The highest BCUT2D eigenvalue weighted by atomic mass is 79.9. The van der Waals surface area contributed by atoms with Crippen molar-refractivity contribution in [1.82, 2.24) is 5.32 Å². The molecule has 0 radical (unpaired) electrons. The van der Waals surface area contributed by atoms with Gasteiger partial charge in [0.2, 0.25) is 0 Å². The first-order valence-corrected chi connectivity index (χ1v) is 7.50. The predicted molar refractivity (Wildman–Crippen MR) is 75.0 cm³/mol. The summed E-state index contributed by atoms with van der Waals surface area (Å²) in [6.45, 7) is 1.01. The maximum atomic E-state index is 13.9. The van der Waals surface area contributed by atoms with E-state index in [4.69, 9.17) is 0 Å². The van der Waals surface area contributed by atoms with Gasteiger partial charge in [0, 0.05) is 11.0 Å². The molecule has 2 fully saturated rings. The van der Waals surface area contributed by atoms with Gasteiger partial charge in [-0.15, -0.1) is 0 Å². The molecule has 1 aromatic carbocycles. The molecule has 2 atom stereocenters. The lowest BCUT2D eigenvalue weighted by Gasteiger charge is -2.31. The molecule has 2 aliphatic rings. The summed E-state index contributed by atoms with van der Waals surface area (Å²) in [5.74, 6) is 1.79. The van der Waals surface area contributed by atoms with Crippen molar-refractivity contribution in [3.05, 3.63) is 34.1 Å². The van der Waals surface area contributed by atoms with Gasteiger partial charge in [0.25, 0.3) is 0 Å². The highest BCUT2D eigenvalue weighted by Crippen LogP contribution is 2.60. The Labute approximate surface area is 116 Å². The zero-order chi connectivity index (χ0) is 12.8. The van der Waals surface area contributed by atoms with Crippen LogP contribution in [0.15, 0.2) is 22.7 Å². The van der Waals surface area contributed by atoms with Gasteiger partial charge in [0.15, 0.2) is 0 Å². The summed E-state index contributed by atoms with van der Waals surface area (Å²) in [5, 5.41) is 3.31. The fourth-order valence-electron chi connectivity index (χ4n) is 3.81. The minimum atomic E-state index is -0.0609. The molecule has 2 aliphatic carbocycles. The minimum absolute atomic E-state index is 0.0609. The van der Waals surface area contributed by atoms with E-state index in [1.807, 2.05) is 13.1 Å². The first-order chi connectivity index (χ1) is 8.62. The molecule has 1 N–H and O–H groups in total. The highest BCUT2D eigenvalue weighted by molar-refractivity contribution is 9.10. The van der Waals surface area contributed by atoms with Crippen LogP contribution in [0.1, 0.15) is 24.8 Å². The van der Waals surface area contributed by atoms with Crippen LogP contribution in [0.2, 0.25) is 0 Å². The Balaban J connectivity index is 1.82. The second-order valence-electron chi connectivity index (χ2n) is 6.11. The summed E-state index contributed by atoms with van der Waals surface area (Å²) in [7, 11) is 2.00. The molecular weight excluding hydrogens is 293 g/mol. The third kappa shape index (κ3) is 2.35. The average Bonchev–Trinajstić information content (AvgIpc) is 2.93. The van der Waals surface area contributed by atoms with Gasteiger partial charge in [0.1, 0.15) is 5.82 Å². The summed E-state index contributed by atoms with van der Waals surface area (Å²) in [6, 6.07) is 5.29. The number of benzene rings is 1. The van der Waals surface area contributed by atoms with E-state index in [0.717, 1.165) is 34.8 Å². The van der Waals surface area contributed by atoms with E-state index in [0.29, 0.717) is 0 Å². The summed E-state index contributed by atoms with van der Waals surface area (Å²) < 4.78 is 14.9. The van der Waals surface area contributed by atoms with Crippen molar-refractivity contribution in [2.45, 2.75) is 25.7 Å². The first-order valence-electron chi connectivity index (χ1n) is 6.70. The van der Waals surface area contributed by atoms with Crippen LogP contribution in [0.5, 0.6) is 0 Å². The van der Waals surface area contributed by atoms with Crippen LogP contribution in [-0.4, -0.2) is 13.6 Å². The number of hydrogen-bond donors (Lipinski definition) is 1. The molecule has 2 saturated carbocycles. The molecule has 3 heteroatoms. The van der Waals surface area contributed by atoms with Crippen molar-refractivity contribution in [3.63, 3.8) is 0 Å². The van der Waals surface area contributed by atoms with Crippen molar-refractivity contribution < 1.29 is 4.39 Å². The molecule has 0 aromatic heterocycles. The van der Waals surface area contributed by atoms with Crippen molar-refractivity contribution in [3.8, 4) is 0 Å². The SMILES string of the molecule is CNCC1(Cc2cc(Br)ccc2F)CC2CC2C1. The number of fused-ring (bicyclic) bond motifs is 1. The number of nitrogens with one attached hydrogen (secondary N) is 1. The van der Waals surface area contributed by atoms with Gasteiger partial charge in [0.05, 0.1) is 0 Å². The lowest BCUT2D eigenvalue weighted by molar-refractivity contribution is 0.252. The van der Waals surface area contributed by atoms with E-state index in [9.17, 15) is 4.39 Å². The largest absolute Gasteiger partial charge is 0.319 e. The van der Waals surface area contributed by atoms with Crippen LogP contribution in [0, 0.1) is 23.1 Å². The number of halogens is 2. The fraction of sp³-hybridized carbons (Fsp3) is 0.600. The summed E-state index contributed by atoms with van der Waals surface area (Å²) in [6.07, 6.45) is 4.81. The van der Waals surface area contributed by atoms with Crippen LogP contribution in [0.4, 0.5) is 4.39 Å². The Morgan fingerprint density at radius 3 is 2.78 bits per heavy atom. The van der Waals surface area contributed by atoms with Crippen molar-refractivity contribution in [1.29, 1.82) is 0 Å². The van der Waals surface area contributed by atoms with Crippen molar-refractivity contribution in [2.24, 2.45) is 17.3 Å². The quantitative estimate of drug-likeness (QED) is 0.892. The van der Waals surface area contributed by atoms with Crippen LogP contribution in [0.3, 0.4) is 0 Å². The molecular formula is C15H19BrFN. The highest BCUT2D eigenvalue weighted by Gasteiger charge is 2.53. The topological polar surface area (TPSA) is 12.0 Å². The van der Waals surface area contributed by atoms with Gasteiger partial charge in [-0.2, -0.15) is 0 Å². The number of rotatable bonds is 4. The third-order valence-electron chi connectivity index (χ3n) is 4.58. The molecule has 0 heterocycles. The van der Waals surface area contributed by atoms with Gasteiger partial charge >= 0.3 is 0 Å². The number of hydrogen-bond acceptors (Lipinski definition) is 1. The third-order valence-corrected chi connectivity index (χ3v) is 5.08. The summed E-state index contributed by atoms with van der Waals surface area (Å²) in [4.78, 5) is 0. The van der Waals surface area contributed by atoms with E-state index >= 15 is 0 Å². The molecule has 0 aliphatic heterocycles. The van der Waals surface area contributed by atoms with E-state index in [1.165, 1.54) is 19.3 Å². The van der Waals surface area contributed by atoms with Crippen LogP contribution >= 0.6 is 15.9 Å². The maximum Gasteiger partial charge on any atom is 0.126 e. The minimum Gasteiger partial charge on any atom is -0.319 e. The van der Waals surface area contributed by atoms with Crippen LogP contribution in [-0.2, 0) is 6.42 Å². The zero-order valence-corrected chi connectivity index (χ0v) is 12.3. The maximum absolute atomic E-state index is 13.9. The fourth-order valence-corrected chi connectivity index (χ4v) is 4.22. The van der Waals surface area contributed by atoms with Gasteiger partial charge in [-0.05, 0) is 73.7 Å². The van der Waals surface area contributed by atoms with E-state index in [2.05, 4.69) is 21.2 Å². The summed E-state index contributed by atoms with van der Waals surface area (Å²) in [5.41, 5.74) is 1.14. The van der Waals surface area contributed by atoms with Gasteiger partial charge < -0.3 is 5.32 Å². The van der Waals surface area contributed by atoms with E-state index in [-0.39, 0.29) is 11.2 Å². The molecule has 0 bridgehead atoms. The molecule has 0 saturated heterocycles. The molecule has 98 valence electrons. The Morgan fingerprint density at radius 2 is 2.11 bits per heavy atom. The zero-order valence-electron chi connectivity index (χ0n) is 10.7. The lowest BCUT2D eigenvalue weighted by atomic mass is 9.77. The van der Waals surface area contributed by atoms with Crippen LogP contribution < -0.4 is 5.32 Å². The second-order valence-corrected chi connectivity index (χ2v) is 7.02. The predicted octanol–water partition coefficient (Wildman–Crippen LogP) is 3.77. The second kappa shape index (κ2) is 4.61. The normalized spacial score (nSPS) is 33.5. The monoisotopic (exact) mass is 311 g/mol. The lowest BCUT2D eigenvalue weighted by Crippen LogP contribution is -2.33. The van der Waals surface area contributed by atoms with Crippen molar-refractivity contribution in [2.75, 3.05) is 13.6 Å². The average molecular weight is 312 g/mol. The molecule has 1 nitrogen and oxygen atoms in total. The first kappa shape index (κ1) is 12.6. The van der Waals surface area contributed by atoms with E-state index in [1.54, 1.807) is 12.1 Å². The smallest absolute Gasteiger partial charge is 0.126 e. The van der Waals surface area contributed by atoms with E-state index < -0.39 is 0 Å². The van der Waals surface area contributed by atoms with Gasteiger partial charge in [-0.1, -0.05) is 15.9 Å². The molecule has 1 aromatic rings. The molecule has 3 rings (SSSR count). The Kier molecular flexibility index (Phi) is 3.23. The van der Waals surface area contributed by atoms with Gasteiger partial charge in [-0.3, -0.25) is 0 Å². The standard InChI is InChI=1S/C15H19BrFN/c1-18-9-15(6-10-4-11(10)7-15)8-12-5-13(16)2-3-14(12)17/h2-3,5,10-11,18H,4,6-9H2,1H3. The Hall–Kier alpha value is -0.410. The van der Waals surface area contributed by atoms with Crippen molar-refractivity contribution >= 4 is 15.9 Å². The Morgan fingerprint density at radius 1 is 1.39 bits per heavy atom. The summed E-state index contributed by atoms with van der Waals surface area (Å²) >= 11 is 3.44.